The zero-order valence-corrected chi connectivity index (χ0v) is 17.3. The van der Waals surface area contributed by atoms with E-state index in [9.17, 15) is 4.79 Å². The van der Waals surface area contributed by atoms with Crippen LogP contribution in [0.2, 0.25) is 0 Å². The van der Waals surface area contributed by atoms with Crippen molar-refractivity contribution in [2.24, 2.45) is 5.92 Å². The van der Waals surface area contributed by atoms with Crippen LogP contribution in [-0.4, -0.2) is 64.2 Å². The minimum atomic E-state index is 0.322. The van der Waals surface area contributed by atoms with E-state index >= 15 is 0 Å². The van der Waals surface area contributed by atoms with Crippen molar-refractivity contribution in [3.8, 4) is 0 Å². The number of carbonyl (C=O) groups excluding carboxylic acids is 1. The summed E-state index contributed by atoms with van der Waals surface area (Å²) in [7, 11) is 4.15. The SMILES string of the molecule is CN(C)CCn1nc([C@H]2CCN(C(=O)CCC3CCCC3)C2)c2cccnc21. The fourth-order valence-electron chi connectivity index (χ4n) is 4.78. The Labute approximate surface area is 167 Å². The van der Waals surface area contributed by atoms with Gasteiger partial charge in [-0.2, -0.15) is 5.10 Å². The molecule has 0 radical (unpaired) electrons. The largest absolute Gasteiger partial charge is 0.342 e. The number of hydrogen-bond donors (Lipinski definition) is 0. The molecule has 4 rings (SSSR count). The smallest absolute Gasteiger partial charge is 0.222 e. The Hall–Kier alpha value is -1.95. The Bertz CT molecular complexity index is 808. The van der Waals surface area contributed by atoms with Crippen LogP contribution < -0.4 is 0 Å². The molecule has 3 heterocycles. The molecule has 1 amide bonds. The summed E-state index contributed by atoms with van der Waals surface area (Å²) in [5.41, 5.74) is 2.08. The van der Waals surface area contributed by atoms with Gasteiger partial charge < -0.3 is 9.80 Å². The number of carbonyl (C=O) groups is 1. The molecule has 2 aromatic rings. The zero-order valence-electron chi connectivity index (χ0n) is 17.3. The molecule has 1 aliphatic heterocycles. The monoisotopic (exact) mass is 383 g/mol. The maximum Gasteiger partial charge on any atom is 0.222 e. The van der Waals surface area contributed by atoms with Gasteiger partial charge in [0, 0.05) is 43.6 Å². The Morgan fingerprint density at radius 3 is 2.86 bits per heavy atom. The zero-order chi connectivity index (χ0) is 19.5. The van der Waals surface area contributed by atoms with Crippen LogP contribution in [0.25, 0.3) is 11.0 Å². The third kappa shape index (κ3) is 4.22. The minimum Gasteiger partial charge on any atom is -0.342 e. The maximum absolute atomic E-state index is 12.7. The second-order valence-electron chi connectivity index (χ2n) is 8.80. The number of aromatic nitrogens is 3. The molecule has 152 valence electrons. The van der Waals surface area contributed by atoms with Gasteiger partial charge in [0.05, 0.1) is 12.2 Å². The van der Waals surface area contributed by atoms with Gasteiger partial charge in [0.25, 0.3) is 0 Å². The van der Waals surface area contributed by atoms with Gasteiger partial charge in [0.2, 0.25) is 5.91 Å². The first-order valence-corrected chi connectivity index (χ1v) is 10.9. The Morgan fingerprint density at radius 1 is 1.25 bits per heavy atom. The van der Waals surface area contributed by atoms with E-state index in [-0.39, 0.29) is 0 Å². The van der Waals surface area contributed by atoms with Crippen LogP contribution in [-0.2, 0) is 11.3 Å². The van der Waals surface area contributed by atoms with Crippen LogP contribution in [0, 0.1) is 5.92 Å². The molecule has 28 heavy (non-hydrogen) atoms. The molecule has 2 fully saturated rings. The third-order valence-corrected chi connectivity index (χ3v) is 6.46. The maximum atomic E-state index is 12.7. The molecule has 0 aromatic carbocycles. The number of amides is 1. The number of likely N-dealkylation sites (N-methyl/N-ethyl adjacent to an activating group) is 1. The van der Waals surface area contributed by atoms with Gasteiger partial charge in [-0.1, -0.05) is 25.7 Å². The summed E-state index contributed by atoms with van der Waals surface area (Å²) < 4.78 is 2.04. The van der Waals surface area contributed by atoms with Crippen molar-refractivity contribution >= 4 is 16.9 Å². The number of hydrogen-bond acceptors (Lipinski definition) is 4. The van der Waals surface area contributed by atoms with Gasteiger partial charge in [-0.3, -0.25) is 4.79 Å². The summed E-state index contributed by atoms with van der Waals surface area (Å²) in [6.07, 6.45) is 9.98. The van der Waals surface area contributed by atoms with Crippen LogP contribution >= 0.6 is 0 Å². The summed E-state index contributed by atoms with van der Waals surface area (Å²) in [5.74, 6) is 1.44. The highest BCUT2D eigenvalue weighted by molar-refractivity contribution is 5.80. The van der Waals surface area contributed by atoms with E-state index in [0.717, 1.165) is 68.1 Å². The van der Waals surface area contributed by atoms with Crippen molar-refractivity contribution < 1.29 is 4.79 Å². The van der Waals surface area contributed by atoms with Gasteiger partial charge in [-0.05, 0) is 45.0 Å². The molecular formula is C22H33N5O. The molecular weight excluding hydrogens is 350 g/mol. The van der Waals surface area contributed by atoms with E-state index < -0.39 is 0 Å². The number of fused-ring (bicyclic) bond motifs is 1. The summed E-state index contributed by atoms with van der Waals surface area (Å²) >= 11 is 0. The minimum absolute atomic E-state index is 0.322. The first-order valence-electron chi connectivity index (χ1n) is 10.9. The standard InChI is InChI=1S/C22H33N5O/c1-25(2)14-15-27-22-19(8-5-12-23-22)21(24-27)18-11-13-26(16-18)20(28)10-9-17-6-3-4-7-17/h5,8,12,17-18H,3-4,6-7,9-11,13-16H2,1-2H3/t18-/m0/s1. The van der Waals surface area contributed by atoms with Crippen LogP contribution in [0.3, 0.4) is 0 Å². The van der Waals surface area contributed by atoms with E-state index in [0.29, 0.717) is 11.8 Å². The van der Waals surface area contributed by atoms with Gasteiger partial charge >= 0.3 is 0 Å². The van der Waals surface area contributed by atoms with E-state index in [4.69, 9.17) is 5.10 Å². The molecule has 0 spiro atoms. The average Bonchev–Trinajstić information content (AvgIpc) is 3.43. The molecule has 1 atom stereocenters. The number of rotatable bonds is 7. The van der Waals surface area contributed by atoms with Crippen LogP contribution in [0.15, 0.2) is 18.3 Å². The molecule has 0 unspecified atom stereocenters. The van der Waals surface area contributed by atoms with E-state index in [2.05, 4.69) is 34.9 Å². The molecule has 0 N–H and O–H groups in total. The highest BCUT2D eigenvalue weighted by Crippen LogP contribution is 2.33. The van der Waals surface area contributed by atoms with E-state index in [1.54, 1.807) is 0 Å². The quantitative estimate of drug-likeness (QED) is 0.736. The van der Waals surface area contributed by atoms with Crippen molar-refractivity contribution in [2.75, 3.05) is 33.7 Å². The summed E-state index contributed by atoms with van der Waals surface area (Å²) in [5, 5.41) is 6.08. The number of likely N-dealkylation sites (tertiary alicyclic amines) is 1. The Balaban J connectivity index is 1.43. The fourth-order valence-corrected chi connectivity index (χ4v) is 4.78. The molecule has 2 aromatic heterocycles. The van der Waals surface area contributed by atoms with Gasteiger partial charge in [0.15, 0.2) is 5.65 Å². The molecule has 1 saturated heterocycles. The van der Waals surface area contributed by atoms with Crippen molar-refractivity contribution in [2.45, 2.75) is 57.4 Å². The molecule has 6 heteroatoms. The third-order valence-electron chi connectivity index (χ3n) is 6.46. The Kier molecular flexibility index (Phi) is 5.95. The molecule has 1 aliphatic carbocycles. The summed E-state index contributed by atoms with van der Waals surface area (Å²) in [6, 6.07) is 4.12. The molecule has 1 saturated carbocycles. The van der Waals surface area contributed by atoms with Crippen molar-refractivity contribution in [3.05, 3.63) is 24.0 Å². The second kappa shape index (κ2) is 8.60. The van der Waals surface area contributed by atoms with Crippen LogP contribution in [0.4, 0.5) is 0 Å². The van der Waals surface area contributed by atoms with Gasteiger partial charge in [-0.15, -0.1) is 0 Å². The summed E-state index contributed by atoms with van der Waals surface area (Å²) in [4.78, 5) is 21.5. The van der Waals surface area contributed by atoms with Crippen molar-refractivity contribution in [3.63, 3.8) is 0 Å². The van der Waals surface area contributed by atoms with Gasteiger partial charge in [0.1, 0.15) is 0 Å². The normalized spacial score (nSPS) is 20.7. The highest BCUT2D eigenvalue weighted by Gasteiger charge is 2.31. The first-order chi connectivity index (χ1) is 13.6. The summed E-state index contributed by atoms with van der Waals surface area (Å²) in [6.45, 7) is 3.43. The van der Waals surface area contributed by atoms with Crippen LogP contribution in [0.1, 0.15) is 56.6 Å². The number of pyridine rings is 1. The van der Waals surface area contributed by atoms with Crippen molar-refractivity contribution in [1.29, 1.82) is 0 Å². The van der Waals surface area contributed by atoms with Gasteiger partial charge in [-0.25, -0.2) is 9.67 Å². The average molecular weight is 384 g/mol. The topological polar surface area (TPSA) is 54.3 Å². The van der Waals surface area contributed by atoms with E-state index in [1.807, 2.05) is 16.9 Å². The lowest BCUT2D eigenvalue weighted by Crippen LogP contribution is -2.28. The van der Waals surface area contributed by atoms with Crippen molar-refractivity contribution in [1.82, 2.24) is 24.6 Å². The van der Waals surface area contributed by atoms with E-state index in [1.165, 1.54) is 25.7 Å². The number of nitrogens with zero attached hydrogens (tertiary/aromatic N) is 5. The molecule has 6 nitrogen and oxygen atoms in total. The molecule has 0 bridgehead atoms. The predicted molar refractivity (Wildman–Crippen MR) is 111 cm³/mol. The fraction of sp³-hybridized carbons (Fsp3) is 0.682. The molecule has 2 aliphatic rings. The highest BCUT2D eigenvalue weighted by atomic mass is 16.2. The lowest BCUT2D eigenvalue weighted by atomic mass is 10.0. The second-order valence-corrected chi connectivity index (χ2v) is 8.80. The predicted octanol–water partition coefficient (Wildman–Crippen LogP) is 3.28. The lowest BCUT2D eigenvalue weighted by Gasteiger charge is -2.17. The first kappa shape index (κ1) is 19.4. The Morgan fingerprint density at radius 2 is 2.07 bits per heavy atom. The van der Waals surface area contributed by atoms with Crippen LogP contribution in [0.5, 0.6) is 0 Å². The lowest BCUT2D eigenvalue weighted by molar-refractivity contribution is -0.130.